The normalized spacial score (nSPS) is 12.4. The van der Waals surface area contributed by atoms with Crippen molar-refractivity contribution in [2.24, 2.45) is 11.8 Å². The molecule has 6 heteroatoms. The average molecular weight is 292 g/mol. The van der Waals surface area contributed by atoms with Gasteiger partial charge in [0.1, 0.15) is 0 Å². The lowest BCUT2D eigenvalue weighted by Gasteiger charge is -2.20. The van der Waals surface area contributed by atoms with Crippen LogP contribution in [0.25, 0.3) is 0 Å². The summed E-state index contributed by atoms with van der Waals surface area (Å²) in [6, 6.07) is 0. The monoisotopic (exact) mass is 292 g/mol. The van der Waals surface area contributed by atoms with E-state index in [9.17, 15) is 13.2 Å². The molecule has 1 amide bonds. The Morgan fingerprint density at radius 1 is 1.11 bits per heavy atom. The first kappa shape index (κ1) is 18.4. The molecule has 0 heterocycles. The summed E-state index contributed by atoms with van der Waals surface area (Å²) in [5.41, 5.74) is 0. The fourth-order valence-corrected chi connectivity index (χ4v) is 2.34. The zero-order chi connectivity index (χ0) is 15.1. The quantitative estimate of drug-likeness (QED) is 0.699. The van der Waals surface area contributed by atoms with E-state index < -0.39 is 10.0 Å². The SMILES string of the molecule is CC(C)CCN(CCC(=O)NCC(C)C)S(C)(=O)=O. The summed E-state index contributed by atoms with van der Waals surface area (Å²) in [6.45, 7) is 9.51. The smallest absolute Gasteiger partial charge is 0.221 e. The third kappa shape index (κ3) is 9.90. The maximum atomic E-state index is 11.6. The molecule has 0 aromatic carbocycles. The van der Waals surface area contributed by atoms with E-state index in [-0.39, 0.29) is 18.9 Å². The second kappa shape index (κ2) is 8.53. The van der Waals surface area contributed by atoms with E-state index in [0.29, 0.717) is 24.9 Å². The Kier molecular flexibility index (Phi) is 8.25. The van der Waals surface area contributed by atoms with Crippen molar-refractivity contribution in [3.63, 3.8) is 0 Å². The number of rotatable bonds is 9. The van der Waals surface area contributed by atoms with Crippen LogP contribution in [-0.4, -0.2) is 44.5 Å². The number of hydrogen-bond acceptors (Lipinski definition) is 3. The first-order valence-electron chi connectivity index (χ1n) is 6.84. The summed E-state index contributed by atoms with van der Waals surface area (Å²) in [5, 5.41) is 2.79. The molecule has 0 spiro atoms. The maximum absolute atomic E-state index is 11.6. The highest BCUT2D eigenvalue weighted by Gasteiger charge is 2.17. The minimum Gasteiger partial charge on any atom is -0.356 e. The number of nitrogens with one attached hydrogen (secondary N) is 1. The molecule has 0 unspecified atom stereocenters. The van der Waals surface area contributed by atoms with Crippen LogP contribution in [0.1, 0.15) is 40.5 Å². The molecule has 1 N–H and O–H groups in total. The van der Waals surface area contributed by atoms with Crippen LogP contribution in [0.15, 0.2) is 0 Å². The molecular weight excluding hydrogens is 264 g/mol. The molecule has 0 aliphatic carbocycles. The van der Waals surface area contributed by atoms with Crippen molar-refractivity contribution in [2.45, 2.75) is 40.5 Å². The van der Waals surface area contributed by atoms with Gasteiger partial charge < -0.3 is 5.32 Å². The molecule has 0 aliphatic rings. The van der Waals surface area contributed by atoms with E-state index in [1.807, 2.05) is 13.8 Å². The molecule has 0 aromatic rings. The Bertz CT molecular complexity index is 364. The van der Waals surface area contributed by atoms with Crippen LogP contribution in [0.3, 0.4) is 0 Å². The van der Waals surface area contributed by atoms with Crippen LogP contribution >= 0.6 is 0 Å². The highest BCUT2D eigenvalue weighted by molar-refractivity contribution is 7.88. The Hall–Kier alpha value is -0.620. The van der Waals surface area contributed by atoms with Crippen LogP contribution in [0, 0.1) is 11.8 Å². The predicted molar refractivity (Wildman–Crippen MR) is 78.3 cm³/mol. The lowest BCUT2D eigenvalue weighted by Crippen LogP contribution is -2.36. The van der Waals surface area contributed by atoms with Crippen molar-refractivity contribution in [1.29, 1.82) is 0 Å². The third-order valence-corrected chi connectivity index (χ3v) is 4.02. The number of carbonyl (C=O) groups excluding carboxylic acids is 1. The molecule has 0 fully saturated rings. The Morgan fingerprint density at radius 3 is 2.11 bits per heavy atom. The van der Waals surface area contributed by atoms with Crippen molar-refractivity contribution in [3.8, 4) is 0 Å². The number of carbonyl (C=O) groups is 1. The topological polar surface area (TPSA) is 66.5 Å². The first-order valence-corrected chi connectivity index (χ1v) is 8.69. The molecule has 0 bridgehead atoms. The van der Waals surface area contributed by atoms with Crippen LogP contribution in [0.4, 0.5) is 0 Å². The van der Waals surface area contributed by atoms with Gasteiger partial charge in [-0.1, -0.05) is 27.7 Å². The molecule has 0 aliphatic heterocycles. The van der Waals surface area contributed by atoms with Gasteiger partial charge in [-0.15, -0.1) is 0 Å². The minimum atomic E-state index is -3.23. The lowest BCUT2D eigenvalue weighted by molar-refractivity contribution is -0.121. The van der Waals surface area contributed by atoms with Gasteiger partial charge in [-0.2, -0.15) is 0 Å². The van der Waals surface area contributed by atoms with Gasteiger partial charge in [-0.3, -0.25) is 4.79 Å². The standard InChI is InChI=1S/C13H28N2O3S/c1-11(2)6-8-15(19(5,17)18)9-7-13(16)14-10-12(3)4/h11-12H,6-10H2,1-5H3,(H,14,16). The summed E-state index contributed by atoms with van der Waals surface area (Å²) in [6.07, 6.45) is 2.22. The zero-order valence-corrected chi connectivity index (χ0v) is 13.6. The van der Waals surface area contributed by atoms with Crippen molar-refractivity contribution >= 4 is 15.9 Å². The van der Waals surface area contributed by atoms with Gasteiger partial charge in [-0.25, -0.2) is 12.7 Å². The Labute approximate surface area is 117 Å². The van der Waals surface area contributed by atoms with E-state index in [2.05, 4.69) is 19.2 Å². The van der Waals surface area contributed by atoms with Crippen LogP contribution in [0.2, 0.25) is 0 Å². The van der Waals surface area contributed by atoms with E-state index in [1.165, 1.54) is 10.6 Å². The van der Waals surface area contributed by atoms with Crippen LogP contribution in [0.5, 0.6) is 0 Å². The predicted octanol–water partition coefficient (Wildman–Crippen LogP) is 1.46. The van der Waals surface area contributed by atoms with Crippen molar-refractivity contribution < 1.29 is 13.2 Å². The van der Waals surface area contributed by atoms with Crippen LogP contribution in [-0.2, 0) is 14.8 Å². The van der Waals surface area contributed by atoms with Crippen molar-refractivity contribution in [3.05, 3.63) is 0 Å². The summed E-state index contributed by atoms with van der Waals surface area (Å²) < 4.78 is 24.6. The summed E-state index contributed by atoms with van der Waals surface area (Å²) in [5.74, 6) is 0.752. The largest absolute Gasteiger partial charge is 0.356 e. The molecule has 114 valence electrons. The molecule has 0 saturated heterocycles. The van der Waals surface area contributed by atoms with E-state index in [0.717, 1.165) is 6.42 Å². The molecule has 0 aromatic heterocycles. The van der Waals surface area contributed by atoms with E-state index >= 15 is 0 Å². The second-order valence-electron chi connectivity index (χ2n) is 5.79. The molecular formula is C13H28N2O3S. The zero-order valence-electron chi connectivity index (χ0n) is 12.8. The summed E-state index contributed by atoms with van der Waals surface area (Å²) in [7, 11) is -3.23. The minimum absolute atomic E-state index is 0.0908. The third-order valence-electron chi connectivity index (χ3n) is 2.72. The molecule has 5 nitrogen and oxygen atoms in total. The molecule has 0 rings (SSSR count). The summed E-state index contributed by atoms with van der Waals surface area (Å²) >= 11 is 0. The van der Waals surface area contributed by atoms with E-state index in [1.54, 1.807) is 0 Å². The fraction of sp³-hybridized carbons (Fsp3) is 0.923. The van der Waals surface area contributed by atoms with Crippen LogP contribution < -0.4 is 5.32 Å². The van der Waals surface area contributed by atoms with Gasteiger partial charge in [0, 0.05) is 26.1 Å². The molecule has 0 radical (unpaired) electrons. The molecule has 0 saturated carbocycles. The van der Waals surface area contributed by atoms with Gasteiger partial charge >= 0.3 is 0 Å². The molecule has 19 heavy (non-hydrogen) atoms. The summed E-state index contributed by atoms with van der Waals surface area (Å²) in [4.78, 5) is 11.6. The van der Waals surface area contributed by atoms with Gasteiger partial charge in [0.2, 0.25) is 15.9 Å². The van der Waals surface area contributed by atoms with Gasteiger partial charge in [0.05, 0.1) is 6.26 Å². The lowest BCUT2D eigenvalue weighted by atomic mass is 10.1. The number of sulfonamides is 1. The number of hydrogen-bond donors (Lipinski definition) is 1. The number of nitrogens with zero attached hydrogens (tertiary/aromatic N) is 1. The molecule has 0 atom stereocenters. The van der Waals surface area contributed by atoms with Crippen molar-refractivity contribution in [1.82, 2.24) is 9.62 Å². The maximum Gasteiger partial charge on any atom is 0.221 e. The Balaban J connectivity index is 4.23. The highest BCUT2D eigenvalue weighted by Crippen LogP contribution is 2.06. The van der Waals surface area contributed by atoms with Crippen molar-refractivity contribution in [2.75, 3.05) is 25.9 Å². The second-order valence-corrected chi connectivity index (χ2v) is 7.77. The van der Waals surface area contributed by atoms with Gasteiger partial charge in [0.15, 0.2) is 0 Å². The average Bonchev–Trinajstić information content (AvgIpc) is 2.23. The first-order chi connectivity index (χ1) is 8.62. The Morgan fingerprint density at radius 2 is 1.68 bits per heavy atom. The van der Waals surface area contributed by atoms with E-state index in [4.69, 9.17) is 0 Å². The fourth-order valence-electron chi connectivity index (χ4n) is 1.48. The van der Waals surface area contributed by atoms with Gasteiger partial charge in [-0.05, 0) is 18.3 Å². The highest BCUT2D eigenvalue weighted by atomic mass is 32.2. The van der Waals surface area contributed by atoms with Gasteiger partial charge in [0.25, 0.3) is 0 Å². The number of amides is 1.